The number of Topliss-reactive ketones (excluding diaryl/α,β-unsaturated/α-hetero) is 1. The first kappa shape index (κ1) is 20.7. The molecule has 0 unspecified atom stereocenters. The van der Waals surface area contributed by atoms with Crippen LogP contribution in [0.3, 0.4) is 0 Å². The van der Waals surface area contributed by atoms with Crippen LogP contribution in [0.5, 0.6) is 0 Å². The number of aromatic nitrogens is 2. The van der Waals surface area contributed by atoms with Gasteiger partial charge < -0.3 is 10.1 Å². The van der Waals surface area contributed by atoms with Crippen molar-refractivity contribution in [3.05, 3.63) is 42.0 Å². The van der Waals surface area contributed by atoms with Crippen LogP contribution in [0.2, 0.25) is 0 Å². The van der Waals surface area contributed by atoms with E-state index >= 15 is 0 Å². The van der Waals surface area contributed by atoms with E-state index in [0.717, 1.165) is 30.4 Å². The minimum atomic E-state index is -0.518. The highest BCUT2D eigenvalue weighted by atomic mass is 19.1. The third-order valence-electron chi connectivity index (χ3n) is 6.35. The molecule has 2 fully saturated rings. The molecule has 6 nitrogen and oxygen atoms in total. The van der Waals surface area contributed by atoms with Crippen LogP contribution in [0.25, 0.3) is 11.1 Å². The van der Waals surface area contributed by atoms with Gasteiger partial charge in [0.15, 0.2) is 5.78 Å². The smallest absolute Gasteiger partial charge is 0.151 e. The van der Waals surface area contributed by atoms with E-state index in [4.69, 9.17) is 4.74 Å². The summed E-state index contributed by atoms with van der Waals surface area (Å²) in [7, 11) is 1.63. The maximum atomic E-state index is 14.7. The summed E-state index contributed by atoms with van der Waals surface area (Å²) in [6.07, 6.45) is 7.25. The summed E-state index contributed by atoms with van der Waals surface area (Å²) in [5, 5.41) is 17.2. The summed E-state index contributed by atoms with van der Waals surface area (Å²) in [5.74, 6) is -0.379. The van der Waals surface area contributed by atoms with Gasteiger partial charge in [-0.15, -0.1) is 0 Å². The molecule has 7 heteroatoms. The van der Waals surface area contributed by atoms with Crippen molar-refractivity contribution in [1.29, 1.82) is 5.26 Å². The Hall–Kier alpha value is -2.56. The number of methoxy groups -OCH3 is 1. The Kier molecular flexibility index (Phi) is 6.26. The second-order valence-corrected chi connectivity index (χ2v) is 8.41. The number of ketones is 1. The highest BCUT2D eigenvalue weighted by Crippen LogP contribution is 2.36. The molecule has 1 aromatic carbocycles. The molecule has 4 rings (SSSR count). The maximum absolute atomic E-state index is 14.7. The average molecular weight is 410 g/mol. The van der Waals surface area contributed by atoms with Crippen molar-refractivity contribution in [3.63, 3.8) is 0 Å². The molecule has 4 atom stereocenters. The molecule has 2 aromatic rings. The van der Waals surface area contributed by atoms with Gasteiger partial charge in [0.2, 0.25) is 0 Å². The number of nitrogens with one attached hydrogen (secondary N) is 1. The zero-order valence-electron chi connectivity index (χ0n) is 17.2. The lowest BCUT2D eigenvalue weighted by Crippen LogP contribution is -2.42. The van der Waals surface area contributed by atoms with Crippen LogP contribution in [0.15, 0.2) is 30.6 Å². The molecular formula is C23H27FN4O2. The Morgan fingerprint density at radius 1 is 1.43 bits per heavy atom. The van der Waals surface area contributed by atoms with Crippen LogP contribution in [0.1, 0.15) is 31.2 Å². The summed E-state index contributed by atoms with van der Waals surface area (Å²) in [6.45, 7) is 1.19. The van der Waals surface area contributed by atoms with Crippen molar-refractivity contribution in [2.45, 2.75) is 50.7 Å². The summed E-state index contributed by atoms with van der Waals surface area (Å²) in [5.41, 5.74) is 2.02. The highest BCUT2D eigenvalue weighted by Gasteiger charge is 2.42. The van der Waals surface area contributed by atoms with Crippen molar-refractivity contribution in [1.82, 2.24) is 15.1 Å². The van der Waals surface area contributed by atoms with E-state index in [1.165, 1.54) is 6.07 Å². The van der Waals surface area contributed by atoms with Gasteiger partial charge in [0.25, 0.3) is 0 Å². The van der Waals surface area contributed by atoms with Gasteiger partial charge in [0.1, 0.15) is 5.82 Å². The van der Waals surface area contributed by atoms with E-state index in [1.54, 1.807) is 24.1 Å². The molecule has 2 aliphatic rings. The molecule has 30 heavy (non-hydrogen) atoms. The minimum absolute atomic E-state index is 0.0919. The summed E-state index contributed by atoms with van der Waals surface area (Å²) >= 11 is 0. The van der Waals surface area contributed by atoms with E-state index < -0.39 is 5.92 Å². The van der Waals surface area contributed by atoms with Crippen molar-refractivity contribution < 1.29 is 13.9 Å². The number of nitrogens with zero attached hydrogens (tertiary/aromatic N) is 3. The third-order valence-corrected chi connectivity index (χ3v) is 6.35. The Bertz CT molecular complexity index is 951. The van der Waals surface area contributed by atoms with Gasteiger partial charge >= 0.3 is 0 Å². The Balaban J connectivity index is 1.39. The molecule has 1 saturated heterocycles. The van der Waals surface area contributed by atoms with Gasteiger partial charge in [-0.3, -0.25) is 9.48 Å². The van der Waals surface area contributed by atoms with Crippen LogP contribution in [-0.4, -0.2) is 41.4 Å². The number of fused-ring (bicyclic) bond motifs is 2. The molecule has 0 radical (unpaired) electrons. The Morgan fingerprint density at radius 3 is 2.97 bits per heavy atom. The number of carbonyl (C=O) groups excluding carboxylic acids is 1. The Labute approximate surface area is 176 Å². The fourth-order valence-electron chi connectivity index (χ4n) is 4.73. The molecule has 1 aliphatic heterocycles. The monoisotopic (exact) mass is 410 g/mol. The van der Waals surface area contributed by atoms with Gasteiger partial charge in [-0.1, -0.05) is 12.1 Å². The SMILES string of the molecule is COCCn1cc(-c2ccc(C[C@@H](C#N)CC(=O)[C@H]3N[C@@H]4CC[C@H]3C4)c(F)c2)cn1. The number of rotatable bonds is 9. The van der Waals surface area contributed by atoms with Gasteiger partial charge in [-0.05, 0) is 48.8 Å². The molecule has 158 valence electrons. The number of benzene rings is 1. The summed E-state index contributed by atoms with van der Waals surface area (Å²) < 4.78 is 21.5. The first-order valence-corrected chi connectivity index (χ1v) is 10.6. The van der Waals surface area contributed by atoms with Crippen LogP contribution >= 0.6 is 0 Å². The van der Waals surface area contributed by atoms with E-state index in [0.29, 0.717) is 30.7 Å². The number of hydrogen-bond donors (Lipinski definition) is 1. The van der Waals surface area contributed by atoms with Gasteiger partial charge in [0.05, 0.1) is 37.4 Å². The van der Waals surface area contributed by atoms with Crippen LogP contribution in [0, 0.1) is 29.0 Å². The van der Waals surface area contributed by atoms with Crippen LogP contribution in [0.4, 0.5) is 4.39 Å². The number of nitriles is 1. The molecule has 1 saturated carbocycles. The van der Waals surface area contributed by atoms with Gasteiger partial charge in [-0.25, -0.2) is 4.39 Å². The highest BCUT2D eigenvalue weighted by molar-refractivity contribution is 5.85. The second-order valence-electron chi connectivity index (χ2n) is 8.41. The molecule has 0 spiro atoms. The second kappa shape index (κ2) is 9.07. The molecule has 0 amide bonds. The predicted octanol–water partition coefficient (Wildman–Crippen LogP) is 3.12. The fourth-order valence-corrected chi connectivity index (χ4v) is 4.73. The maximum Gasteiger partial charge on any atom is 0.151 e. The van der Waals surface area contributed by atoms with Crippen LogP contribution < -0.4 is 5.32 Å². The summed E-state index contributed by atoms with van der Waals surface area (Å²) in [6, 6.07) is 7.55. The number of hydrogen-bond acceptors (Lipinski definition) is 5. The van der Waals surface area contributed by atoms with Gasteiger partial charge in [-0.2, -0.15) is 10.4 Å². The van der Waals surface area contributed by atoms with Crippen molar-refractivity contribution >= 4 is 5.78 Å². The van der Waals surface area contributed by atoms with Crippen molar-refractivity contribution in [3.8, 4) is 17.2 Å². The number of carbonyl (C=O) groups is 1. The molecule has 1 aromatic heterocycles. The molecule has 1 aliphatic carbocycles. The molecule has 1 N–H and O–H groups in total. The number of piperidine rings is 1. The molecule has 2 heterocycles. The quantitative estimate of drug-likeness (QED) is 0.687. The standard InChI is InChI=1S/C23H27FN4O2/c1-30-7-6-28-14-19(13-26-28)16-2-3-17(21(24)11-16)8-15(12-25)9-22(29)23-18-4-5-20(10-18)27-23/h2-3,11,13-15,18,20,23,27H,4-10H2,1H3/t15-,18+,20-,23+/m1/s1. The van der Waals surface area contributed by atoms with E-state index in [2.05, 4.69) is 16.5 Å². The lowest BCUT2D eigenvalue weighted by Gasteiger charge is -2.22. The largest absolute Gasteiger partial charge is 0.383 e. The number of ether oxygens (including phenoxy) is 1. The molecule has 2 bridgehead atoms. The lowest BCUT2D eigenvalue weighted by molar-refractivity contribution is -0.122. The first-order chi connectivity index (χ1) is 14.6. The van der Waals surface area contributed by atoms with E-state index in [9.17, 15) is 14.4 Å². The van der Waals surface area contributed by atoms with Crippen molar-refractivity contribution in [2.24, 2.45) is 11.8 Å². The molecular weight excluding hydrogens is 383 g/mol. The Morgan fingerprint density at radius 2 is 2.30 bits per heavy atom. The summed E-state index contributed by atoms with van der Waals surface area (Å²) in [4.78, 5) is 12.7. The topological polar surface area (TPSA) is 79.9 Å². The zero-order valence-corrected chi connectivity index (χ0v) is 17.2. The minimum Gasteiger partial charge on any atom is -0.383 e. The number of halogens is 1. The zero-order chi connectivity index (χ0) is 21.1. The van der Waals surface area contributed by atoms with E-state index in [-0.39, 0.29) is 30.5 Å². The third kappa shape index (κ3) is 4.45. The fraction of sp³-hybridized carbons (Fsp3) is 0.522. The van der Waals surface area contributed by atoms with Crippen LogP contribution in [-0.2, 0) is 22.5 Å². The van der Waals surface area contributed by atoms with Gasteiger partial charge in [0, 0.05) is 31.3 Å². The average Bonchev–Trinajstić information content (AvgIpc) is 3.50. The lowest BCUT2D eigenvalue weighted by atomic mass is 9.88. The normalized spacial score (nSPS) is 23.4. The van der Waals surface area contributed by atoms with Crippen molar-refractivity contribution in [2.75, 3.05) is 13.7 Å². The first-order valence-electron chi connectivity index (χ1n) is 10.6. The predicted molar refractivity (Wildman–Crippen MR) is 110 cm³/mol. The van der Waals surface area contributed by atoms with E-state index in [1.807, 2.05) is 12.3 Å².